The molecule has 0 aromatic heterocycles. The Morgan fingerprint density at radius 3 is 1.47 bits per heavy atom. The van der Waals surface area contributed by atoms with Gasteiger partial charge in [0.1, 0.15) is 11.6 Å². The lowest BCUT2D eigenvalue weighted by Crippen LogP contribution is -2.03. The second-order valence-corrected chi connectivity index (χ2v) is 3.47. The first-order valence-electron chi connectivity index (χ1n) is 4.91. The van der Waals surface area contributed by atoms with Crippen molar-refractivity contribution in [2.45, 2.75) is 0 Å². The van der Waals surface area contributed by atoms with Gasteiger partial charge in [0, 0.05) is 30.3 Å². The van der Waals surface area contributed by atoms with Crippen LogP contribution in [0.5, 0.6) is 11.5 Å². The van der Waals surface area contributed by atoms with Gasteiger partial charge in [-0.25, -0.2) is 22.0 Å². The fraction of sp³-hybridized carbons (Fsp3) is 0. The normalized spacial score (nSPS) is 10.4. The Hall–Kier alpha value is -2.31. The quantitative estimate of drug-likeness (QED) is 0.368. The minimum atomic E-state index is -1.66. The van der Waals surface area contributed by atoms with E-state index in [0.717, 1.165) is 12.1 Å². The van der Waals surface area contributed by atoms with Crippen LogP contribution in [0.4, 0.5) is 22.0 Å². The molecule has 0 saturated carbocycles. The van der Waals surface area contributed by atoms with Crippen LogP contribution in [0.3, 0.4) is 0 Å². The molecule has 0 bridgehead atoms. The van der Waals surface area contributed by atoms with E-state index in [1.807, 2.05) is 0 Å². The lowest BCUT2D eigenvalue weighted by Gasteiger charge is -2.06. The van der Waals surface area contributed by atoms with Crippen LogP contribution in [-0.4, -0.2) is 0 Å². The van der Waals surface area contributed by atoms with E-state index in [4.69, 9.17) is 0 Å². The number of halogens is 5. The minimum absolute atomic E-state index is 0.359. The van der Waals surface area contributed by atoms with Crippen molar-refractivity contribution in [3.63, 3.8) is 0 Å². The average molecular weight is 276 g/mol. The summed E-state index contributed by atoms with van der Waals surface area (Å²) in [6.45, 7) is 0. The van der Waals surface area contributed by atoms with Crippen LogP contribution in [0.1, 0.15) is 0 Å². The Morgan fingerprint density at radius 2 is 1.00 bits per heavy atom. The molecule has 100 valence electrons. The summed E-state index contributed by atoms with van der Waals surface area (Å²) in [5.41, 5.74) is 0. The summed E-state index contributed by atoms with van der Waals surface area (Å²) in [7, 11) is 0. The van der Waals surface area contributed by atoms with E-state index in [-0.39, 0.29) is 5.75 Å². The van der Waals surface area contributed by atoms with E-state index < -0.39 is 34.8 Å². The van der Waals surface area contributed by atoms with Gasteiger partial charge in [-0.1, -0.05) is 0 Å². The van der Waals surface area contributed by atoms with Crippen LogP contribution >= 0.6 is 0 Å². The maximum Gasteiger partial charge on any atom is 0.194 e. The predicted octanol–water partition coefficient (Wildman–Crippen LogP) is 3.75. The monoisotopic (exact) mass is 276 g/mol. The molecule has 2 rings (SSSR count). The lowest BCUT2D eigenvalue weighted by molar-refractivity contribution is -0.101. The molecule has 0 radical (unpaired) electrons. The molecule has 0 N–H and O–H groups in total. The lowest BCUT2D eigenvalue weighted by atomic mass is 10.3. The first-order chi connectivity index (χ1) is 8.95. The van der Waals surface area contributed by atoms with E-state index in [0.29, 0.717) is 18.2 Å². The van der Waals surface area contributed by atoms with Gasteiger partial charge in [0.05, 0.1) is 0 Å². The van der Waals surface area contributed by atoms with Crippen molar-refractivity contribution in [2.24, 2.45) is 0 Å². The molecule has 0 amide bonds. The first kappa shape index (κ1) is 13.1. The third-order valence-corrected chi connectivity index (χ3v) is 2.03. The van der Waals surface area contributed by atoms with Crippen LogP contribution in [0.15, 0.2) is 30.3 Å². The van der Waals surface area contributed by atoms with Crippen molar-refractivity contribution >= 4 is 0 Å². The van der Waals surface area contributed by atoms with Gasteiger partial charge in [0.25, 0.3) is 0 Å². The van der Waals surface area contributed by atoms with Crippen molar-refractivity contribution in [1.82, 2.24) is 0 Å². The molecule has 0 aliphatic rings. The van der Waals surface area contributed by atoms with Crippen LogP contribution < -0.4 is 9.78 Å². The standard InChI is InChI=1S/C12H5F5O2/c13-6-1-7(14)3-8(2-6)18-19-9-4-10(15)12(17)11(16)5-9/h1-5H. The van der Waals surface area contributed by atoms with Crippen molar-refractivity contribution in [1.29, 1.82) is 0 Å². The van der Waals surface area contributed by atoms with E-state index >= 15 is 0 Å². The zero-order valence-electron chi connectivity index (χ0n) is 9.09. The Balaban J connectivity index is 2.14. The van der Waals surface area contributed by atoms with Gasteiger partial charge in [0.2, 0.25) is 0 Å². The van der Waals surface area contributed by atoms with Gasteiger partial charge in [-0.15, -0.1) is 0 Å². The van der Waals surface area contributed by atoms with Gasteiger partial charge < -0.3 is 0 Å². The van der Waals surface area contributed by atoms with Crippen molar-refractivity contribution in [2.75, 3.05) is 0 Å². The molecule has 0 aliphatic heterocycles. The number of hydrogen-bond acceptors (Lipinski definition) is 2. The molecule has 7 heteroatoms. The van der Waals surface area contributed by atoms with Crippen molar-refractivity contribution in [3.05, 3.63) is 59.4 Å². The summed E-state index contributed by atoms with van der Waals surface area (Å²) >= 11 is 0. The second-order valence-electron chi connectivity index (χ2n) is 3.47. The highest BCUT2D eigenvalue weighted by Crippen LogP contribution is 2.21. The highest BCUT2D eigenvalue weighted by molar-refractivity contribution is 5.26. The molecule has 0 unspecified atom stereocenters. The fourth-order valence-corrected chi connectivity index (χ4v) is 1.25. The number of rotatable bonds is 3. The first-order valence-corrected chi connectivity index (χ1v) is 4.91. The molecule has 2 aromatic rings. The van der Waals surface area contributed by atoms with Gasteiger partial charge in [-0.3, -0.25) is 9.78 Å². The Morgan fingerprint density at radius 1 is 0.579 bits per heavy atom. The van der Waals surface area contributed by atoms with Crippen molar-refractivity contribution in [3.8, 4) is 11.5 Å². The van der Waals surface area contributed by atoms with Crippen molar-refractivity contribution < 1.29 is 31.7 Å². The van der Waals surface area contributed by atoms with E-state index in [2.05, 4.69) is 9.78 Å². The van der Waals surface area contributed by atoms with E-state index in [1.54, 1.807) is 0 Å². The molecule has 0 heterocycles. The Bertz CT molecular complexity index is 572. The third kappa shape index (κ3) is 3.12. The molecule has 0 spiro atoms. The fourth-order valence-electron chi connectivity index (χ4n) is 1.25. The largest absolute Gasteiger partial charge is 0.290 e. The van der Waals surface area contributed by atoms with Crippen LogP contribution in [0.25, 0.3) is 0 Å². The molecular formula is C12H5F5O2. The van der Waals surface area contributed by atoms with Crippen LogP contribution in [-0.2, 0) is 0 Å². The maximum atomic E-state index is 12.8. The van der Waals surface area contributed by atoms with E-state index in [1.165, 1.54) is 0 Å². The summed E-state index contributed by atoms with van der Waals surface area (Å²) in [4.78, 5) is 8.91. The number of hydrogen-bond donors (Lipinski definition) is 0. The molecule has 0 saturated heterocycles. The maximum absolute atomic E-state index is 12.8. The third-order valence-electron chi connectivity index (χ3n) is 2.03. The summed E-state index contributed by atoms with van der Waals surface area (Å²) in [5.74, 6) is -7.33. The SMILES string of the molecule is Fc1cc(F)cc(OOc2cc(F)c(F)c(F)c2)c1. The highest BCUT2D eigenvalue weighted by Gasteiger charge is 2.12. The van der Waals surface area contributed by atoms with Gasteiger partial charge in [-0.05, 0) is 0 Å². The Kier molecular flexibility index (Phi) is 3.55. The molecule has 0 atom stereocenters. The molecule has 2 nitrogen and oxygen atoms in total. The average Bonchev–Trinajstić information content (AvgIpc) is 2.32. The molecular weight excluding hydrogens is 271 g/mol. The summed E-state index contributed by atoms with van der Waals surface area (Å²) in [6.07, 6.45) is 0. The smallest absolute Gasteiger partial charge is 0.194 e. The topological polar surface area (TPSA) is 18.5 Å². The summed E-state index contributed by atoms with van der Waals surface area (Å²) in [5, 5.41) is 0. The molecule has 19 heavy (non-hydrogen) atoms. The zero-order chi connectivity index (χ0) is 14.0. The predicted molar refractivity (Wildman–Crippen MR) is 53.9 cm³/mol. The second kappa shape index (κ2) is 5.13. The molecule has 2 aromatic carbocycles. The Labute approximate surface area is 103 Å². The summed E-state index contributed by atoms with van der Waals surface area (Å²) < 4.78 is 63.9. The highest BCUT2D eigenvalue weighted by atomic mass is 19.2. The summed E-state index contributed by atoms with van der Waals surface area (Å²) in [6, 6.07) is 3.23. The van der Waals surface area contributed by atoms with Crippen LogP contribution in [0, 0.1) is 29.1 Å². The molecule has 0 aliphatic carbocycles. The zero-order valence-corrected chi connectivity index (χ0v) is 9.09. The number of benzene rings is 2. The van der Waals surface area contributed by atoms with Crippen LogP contribution in [0.2, 0.25) is 0 Å². The van der Waals surface area contributed by atoms with E-state index in [9.17, 15) is 22.0 Å². The minimum Gasteiger partial charge on any atom is -0.290 e. The van der Waals surface area contributed by atoms with Gasteiger partial charge >= 0.3 is 0 Å². The van der Waals surface area contributed by atoms with Gasteiger partial charge in [0.15, 0.2) is 29.0 Å². The van der Waals surface area contributed by atoms with Gasteiger partial charge in [-0.2, -0.15) is 0 Å². The molecule has 0 fully saturated rings.